The Labute approximate surface area is 118 Å². The van der Waals surface area contributed by atoms with Gasteiger partial charge >= 0.3 is 0 Å². The largest absolute Gasteiger partial charge is 0.392 e. The van der Waals surface area contributed by atoms with E-state index in [4.69, 9.17) is 0 Å². The van der Waals surface area contributed by atoms with Crippen LogP contribution in [0.25, 0.3) is 10.2 Å². The van der Waals surface area contributed by atoms with Gasteiger partial charge in [0.1, 0.15) is 0 Å². The lowest BCUT2D eigenvalue weighted by Crippen LogP contribution is -2.20. The van der Waals surface area contributed by atoms with Gasteiger partial charge in [0.05, 0.1) is 21.3 Å². The number of fused-ring (bicyclic) bond motifs is 1. The van der Waals surface area contributed by atoms with E-state index in [-0.39, 0.29) is 6.10 Å². The Morgan fingerprint density at radius 1 is 1.37 bits per heavy atom. The lowest BCUT2D eigenvalue weighted by Gasteiger charge is -2.16. The van der Waals surface area contributed by atoms with E-state index in [1.807, 2.05) is 18.2 Å². The van der Waals surface area contributed by atoms with Crippen LogP contribution in [0.2, 0.25) is 0 Å². The fraction of sp³-hybridized carbons (Fsp3) is 0.562. The van der Waals surface area contributed by atoms with Gasteiger partial charge in [-0.15, -0.1) is 11.3 Å². The lowest BCUT2D eigenvalue weighted by molar-refractivity contribution is 0.108. The molecule has 3 atom stereocenters. The van der Waals surface area contributed by atoms with Crippen LogP contribution in [0.15, 0.2) is 24.3 Å². The molecule has 3 heteroatoms. The molecule has 19 heavy (non-hydrogen) atoms. The molecule has 1 aliphatic rings. The van der Waals surface area contributed by atoms with Gasteiger partial charge < -0.3 is 5.11 Å². The van der Waals surface area contributed by atoms with Gasteiger partial charge in [-0.05, 0) is 36.8 Å². The summed E-state index contributed by atoms with van der Waals surface area (Å²) in [6.45, 7) is 2.26. The van der Waals surface area contributed by atoms with Crippen molar-refractivity contribution in [2.24, 2.45) is 11.8 Å². The van der Waals surface area contributed by atoms with E-state index in [2.05, 4.69) is 18.0 Å². The molecule has 2 aromatic rings. The first-order chi connectivity index (χ1) is 9.26. The molecule has 0 amide bonds. The number of aromatic nitrogens is 1. The smallest absolute Gasteiger partial charge is 0.0964 e. The molecule has 1 N–H and O–H groups in total. The average Bonchev–Trinajstić information content (AvgIpc) is 3.04. The van der Waals surface area contributed by atoms with Gasteiger partial charge in [0.25, 0.3) is 0 Å². The van der Waals surface area contributed by atoms with Gasteiger partial charge in [-0.2, -0.15) is 0 Å². The molecule has 102 valence electrons. The zero-order valence-electron chi connectivity index (χ0n) is 11.4. The molecule has 1 saturated carbocycles. The summed E-state index contributed by atoms with van der Waals surface area (Å²) in [4.78, 5) is 4.62. The van der Waals surface area contributed by atoms with E-state index < -0.39 is 0 Å². The monoisotopic (exact) mass is 275 g/mol. The number of aliphatic hydroxyl groups is 1. The number of rotatable bonds is 4. The number of benzene rings is 1. The molecule has 0 spiro atoms. The molecule has 0 aliphatic heterocycles. The first-order valence-corrected chi connectivity index (χ1v) is 8.10. The zero-order valence-corrected chi connectivity index (χ0v) is 12.2. The van der Waals surface area contributed by atoms with Gasteiger partial charge in [-0.3, -0.25) is 0 Å². The Hall–Kier alpha value is -0.930. The number of nitrogens with zero attached hydrogens (tertiary/aromatic N) is 1. The van der Waals surface area contributed by atoms with E-state index in [1.165, 1.54) is 30.4 Å². The minimum absolute atomic E-state index is 0.211. The summed E-state index contributed by atoms with van der Waals surface area (Å²) in [6.07, 6.45) is 5.44. The van der Waals surface area contributed by atoms with Crippen molar-refractivity contribution >= 4 is 21.6 Å². The number of thiazole rings is 1. The summed E-state index contributed by atoms with van der Waals surface area (Å²) in [6, 6.07) is 8.21. The third-order valence-electron chi connectivity index (χ3n) is 4.43. The molecule has 1 heterocycles. The van der Waals surface area contributed by atoms with Crippen LogP contribution in [-0.2, 0) is 6.42 Å². The van der Waals surface area contributed by atoms with Crippen molar-refractivity contribution in [1.82, 2.24) is 4.98 Å². The maximum atomic E-state index is 10.4. The molecule has 1 aromatic heterocycles. The topological polar surface area (TPSA) is 33.1 Å². The van der Waals surface area contributed by atoms with Crippen LogP contribution >= 0.6 is 11.3 Å². The highest BCUT2D eigenvalue weighted by molar-refractivity contribution is 7.18. The molecule has 1 aliphatic carbocycles. The minimum Gasteiger partial charge on any atom is -0.392 e. The maximum Gasteiger partial charge on any atom is 0.0964 e. The third kappa shape index (κ3) is 2.82. The Morgan fingerprint density at radius 3 is 2.95 bits per heavy atom. The molecule has 2 nitrogen and oxygen atoms in total. The van der Waals surface area contributed by atoms with Crippen molar-refractivity contribution < 1.29 is 5.11 Å². The van der Waals surface area contributed by atoms with Crippen molar-refractivity contribution in [2.75, 3.05) is 0 Å². The third-order valence-corrected chi connectivity index (χ3v) is 5.48. The van der Waals surface area contributed by atoms with Crippen molar-refractivity contribution in [3.63, 3.8) is 0 Å². The van der Waals surface area contributed by atoms with Crippen molar-refractivity contribution in [2.45, 2.75) is 45.1 Å². The zero-order chi connectivity index (χ0) is 13.2. The molecule has 1 fully saturated rings. The normalized spacial score (nSPS) is 24.9. The van der Waals surface area contributed by atoms with Gasteiger partial charge in [-0.25, -0.2) is 4.98 Å². The number of hydrogen-bond donors (Lipinski definition) is 1. The maximum absolute atomic E-state index is 10.4. The Bertz CT molecular complexity index is 517. The molecule has 3 unspecified atom stereocenters. The molecule has 3 rings (SSSR count). The van der Waals surface area contributed by atoms with Gasteiger partial charge in [0.2, 0.25) is 0 Å². The van der Waals surface area contributed by atoms with Crippen molar-refractivity contribution in [1.29, 1.82) is 0 Å². The van der Waals surface area contributed by atoms with Crippen LogP contribution < -0.4 is 0 Å². The van der Waals surface area contributed by atoms with Crippen LogP contribution in [0.1, 0.15) is 37.6 Å². The summed E-state index contributed by atoms with van der Waals surface area (Å²) >= 11 is 1.72. The SMILES string of the molecule is CCC1CCC(C(O)Cc2nc3ccccc3s2)C1. The molecule has 1 aromatic carbocycles. The van der Waals surface area contributed by atoms with Crippen LogP contribution in [0.4, 0.5) is 0 Å². The summed E-state index contributed by atoms with van der Waals surface area (Å²) < 4.78 is 1.22. The first kappa shape index (κ1) is 13.1. The Balaban J connectivity index is 1.67. The fourth-order valence-corrected chi connectivity index (χ4v) is 4.20. The second-order valence-corrected chi connectivity index (χ2v) is 6.81. The number of aliphatic hydroxyl groups excluding tert-OH is 1. The van der Waals surface area contributed by atoms with Gasteiger partial charge in [-0.1, -0.05) is 31.9 Å². The fourth-order valence-electron chi connectivity index (χ4n) is 3.19. The van der Waals surface area contributed by atoms with Crippen LogP contribution in [0, 0.1) is 11.8 Å². The number of hydrogen-bond acceptors (Lipinski definition) is 3. The lowest BCUT2D eigenvalue weighted by atomic mass is 9.96. The second-order valence-electron chi connectivity index (χ2n) is 5.69. The Morgan fingerprint density at radius 2 is 2.21 bits per heavy atom. The van der Waals surface area contributed by atoms with E-state index in [9.17, 15) is 5.11 Å². The van der Waals surface area contributed by atoms with E-state index in [1.54, 1.807) is 11.3 Å². The molecular weight excluding hydrogens is 254 g/mol. The van der Waals surface area contributed by atoms with Crippen LogP contribution in [0.3, 0.4) is 0 Å². The van der Waals surface area contributed by atoms with Crippen molar-refractivity contribution in [3.05, 3.63) is 29.3 Å². The molecule has 0 bridgehead atoms. The van der Waals surface area contributed by atoms with Crippen molar-refractivity contribution in [3.8, 4) is 0 Å². The average molecular weight is 275 g/mol. The number of para-hydroxylation sites is 1. The summed E-state index contributed by atoms with van der Waals surface area (Å²) in [5.41, 5.74) is 1.06. The Kier molecular flexibility index (Phi) is 3.85. The molecule has 0 saturated heterocycles. The van der Waals surface area contributed by atoms with Crippen LogP contribution in [-0.4, -0.2) is 16.2 Å². The first-order valence-electron chi connectivity index (χ1n) is 7.28. The van der Waals surface area contributed by atoms with E-state index >= 15 is 0 Å². The second kappa shape index (κ2) is 5.59. The van der Waals surface area contributed by atoms with Gasteiger partial charge in [0, 0.05) is 6.42 Å². The molecule has 0 radical (unpaired) electrons. The predicted molar refractivity (Wildman–Crippen MR) is 80.5 cm³/mol. The predicted octanol–water partition coefficient (Wildman–Crippen LogP) is 4.03. The standard InChI is InChI=1S/C16H21NOS/c1-2-11-7-8-12(9-11)14(18)10-16-17-13-5-3-4-6-15(13)19-16/h3-6,11-12,14,18H,2,7-10H2,1H3. The van der Waals surface area contributed by atoms with E-state index in [0.717, 1.165) is 22.9 Å². The quantitative estimate of drug-likeness (QED) is 0.914. The highest BCUT2D eigenvalue weighted by atomic mass is 32.1. The highest BCUT2D eigenvalue weighted by Crippen LogP contribution is 2.36. The summed E-state index contributed by atoms with van der Waals surface area (Å²) in [5, 5.41) is 11.5. The van der Waals surface area contributed by atoms with Crippen LogP contribution in [0.5, 0.6) is 0 Å². The highest BCUT2D eigenvalue weighted by Gasteiger charge is 2.29. The summed E-state index contributed by atoms with van der Waals surface area (Å²) in [5.74, 6) is 1.31. The summed E-state index contributed by atoms with van der Waals surface area (Å²) in [7, 11) is 0. The minimum atomic E-state index is -0.211. The van der Waals surface area contributed by atoms with E-state index in [0.29, 0.717) is 5.92 Å². The van der Waals surface area contributed by atoms with Gasteiger partial charge in [0.15, 0.2) is 0 Å². The molecular formula is C16H21NOS.